The van der Waals surface area contributed by atoms with E-state index >= 15 is 0 Å². The van der Waals surface area contributed by atoms with E-state index in [9.17, 15) is 0 Å². The molecule has 0 fully saturated rings. The summed E-state index contributed by atoms with van der Waals surface area (Å²) in [5.74, 6) is 0.714. The maximum absolute atomic E-state index is 5.20. The first kappa shape index (κ1) is 33.9. The van der Waals surface area contributed by atoms with Gasteiger partial charge in [0.25, 0.3) is 0 Å². The van der Waals surface area contributed by atoms with Crippen LogP contribution < -0.4 is 0 Å². The van der Waals surface area contributed by atoms with E-state index in [0.29, 0.717) is 5.82 Å². The molecule has 272 valence electrons. The minimum atomic E-state index is -0.257. The molecule has 0 saturated carbocycles. The average Bonchev–Trinajstić information content (AvgIpc) is 3.57. The highest BCUT2D eigenvalue weighted by Crippen LogP contribution is 2.53. The molecule has 11 rings (SSSR count). The highest BCUT2D eigenvalue weighted by atomic mass is 14.9. The molecule has 2 nitrogen and oxygen atoms in total. The lowest BCUT2D eigenvalue weighted by Crippen LogP contribution is -2.22. The zero-order chi connectivity index (χ0) is 38.6. The fourth-order valence-corrected chi connectivity index (χ4v) is 9.34. The zero-order valence-corrected chi connectivity index (χ0v) is 32.1. The van der Waals surface area contributed by atoms with E-state index in [1.165, 1.54) is 66.2 Å². The van der Waals surface area contributed by atoms with Crippen LogP contribution in [0.5, 0.6) is 0 Å². The van der Waals surface area contributed by atoms with Gasteiger partial charge in [0, 0.05) is 22.1 Å². The van der Waals surface area contributed by atoms with Crippen molar-refractivity contribution in [1.29, 1.82) is 0 Å². The summed E-state index contributed by atoms with van der Waals surface area (Å²) in [6, 6.07) is 76.5. The number of benzene rings is 9. The molecule has 10 aromatic rings. The quantitative estimate of drug-likeness (QED) is 0.170. The first-order valence-electron chi connectivity index (χ1n) is 20.0. The zero-order valence-electron chi connectivity index (χ0n) is 32.1. The van der Waals surface area contributed by atoms with Crippen molar-refractivity contribution in [3.8, 4) is 67.3 Å². The van der Waals surface area contributed by atoms with Crippen LogP contribution in [-0.2, 0) is 5.41 Å². The van der Waals surface area contributed by atoms with Gasteiger partial charge in [0.1, 0.15) is 0 Å². The second-order valence-electron chi connectivity index (χ2n) is 15.4. The molecule has 0 saturated heterocycles. The highest BCUT2D eigenvalue weighted by molar-refractivity contribution is 6.12. The molecule has 0 radical (unpaired) electrons. The fraction of sp³-hybridized carbons (Fsp3) is 0.0357. The Labute approximate surface area is 338 Å². The lowest BCUT2D eigenvalue weighted by Gasteiger charge is -2.28. The van der Waals surface area contributed by atoms with E-state index in [4.69, 9.17) is 9.97 Å². The molecule has 9 aromatic carbocycles. The summed E-state index contributed by atoms with van der Waals surface area (Å²) >= 11 is 0. The molecule has 1 heterocycles. The number of hydrogen-bond acceptors (Lipinski definition) is 2. The van der Waals surface area contributed by atoms with Crippen LogP contribution in [0, 0.1) is 0 Å². The van der Waals surface area contributed by atoms with Crippen molar-refractivity contribution in [2.75, 3.05) is 0 Å². The van der Waals surface area contributed by atoms with Crippen LogP contribution in [0.25, 0.3) is 88.8 Å². The molecule has 1 aromatic heterocycles. The van der Waals surface area contributed by atoms with E-state index in [-0.39, 0.29) is 5.41 Å². The molecule has 1 aliphatic carbocycles. The largest absolute Gasteiger partial charge is 0.228 e. The molecule has 0 spiro atoms. The first-order chi connectivity index (χ1) is 28.6. The molecule has 1 atom stereocenters. The third kappa shape index (κ3) is 5.41. The predicted molar refractivity (Wildman–Crippen MR) is 242 cm³/mol. The van der Waals surface area contributed by atoms with Crippen molar-refractivity contribution in [2.45, 2.75) is 12.3 Å². The number of aromatic nitrogens is 2. The van der Waals surface area contributed by atoms with Crippen LogP contribution in [0.3, 0.4) is 0 Å². The van der Waals surface area contributed by atoms with Crippen molar-refractivity contribution in [1.82, 2.24) is 9.97 Å². The fourth-order valence-electron chi connectivity index (χ4n) is 9.34. The van der Waals surface area contributed by atoms with E-state index in [0.717, 1.165) is 33.5 Å². The Hall–Kier alpha value is -7.42. The summed E-state index contributed by atoms with van der Waals surface area (Å²) in [4.78, 5) is 10.3. The second kappa shape index (κ2) is 13.7. The predicted octanol–water partition coefficient (Wildman–Crippen LogP) is 14.5. The van der Waals surface area contributed by atoms with Crippen LogP contribution in [-0.4, -0.2) is 9.97 Å². The van der Waals surface area contributed by atoms with Gasteiger partial charge in [-0.15, -0.1) is 0 Å². The lowest BCUT2D eigenvalue weighted by atomic mass is 9.74. The van der Waals surface area contributed by atoms with Crippen LogP contribution in [0.4, 0.5) is 0 Å². The molecule has 0 amide bonds. The molecule has 1 unspecified atom stereocenters. The topological polar surface area (TPSA) is 25.8 Å². The molecule has 0 N–H and O–H groups in total. The van der Waals surface area contributed by atoms with Gasteiger partial charge in [-0.05, 0) is 90.7 Å². The molecule has 1 aliphatic rings. The van der Waals surface area contributed by atoms with Crippen LogP contribution in [0.15, 0.2) is 212 Å². The average molecular weight is 739 g/mol. The Morgan fingerprint density at radius 1 is 0.310 bits per heavy atom. The lowest BCUT2D eigenvalue weighted by molar-refractivity contribution is 0.714. The van der Waals surface area contributed by atoms with Crippen molar-refractivity contribution < 1.29 is 0 Å². The van der Waals surface area contributed by atoms with Crippen LogP contribution >= 0.6 is 0 Å². The van der Waals surface area contributed by atoms with Gasteiger partial charge in [0.2, 0.25) is 0 Å². The number of hydrogen-bond donors (Lipinski definition) is 0. The SMILES string of the molecule is CC1(c2ccccc2)c2ccccc2-c2ccc(-c3ccc(-c4ccc(-c5cc(-c6ccccc6)nc(-c6ccccc6)n5)c5ccccc45)c4ccccc34)cc21. The van der Waals surface area contributed by atoms with Crippen molar-refractivity contribution in [3.05, 3.63) is 229 Å². The maximum atomic E-state index is 5.20. The Bertz CT molecular complexity index is 3110. The molecular formula is C56H38N2. The first-order valence-corrected chi connectivity index (χ1v) is 20.0. The molecule has 2 heteroatoms. The summed E-state index contributed by atoms with van der Waals surface area (Å²) in [6.45, 7) is 2.39. The van der Waals surface area contributed by atoms with E-state index in [1.807, 2.05) is 24.3 Å². The van der Waals surface area contributed by atoms with Gasteiger partial charge in [-0.25, -0.2) is 9.97 Å². The summed E-state index contributed by atoms with van der Waals surface area (Å²) in [6.07, 6.45) is 0. The van der Waals surface area contributed by atoms with Crippen LogP contribution in [0.2, 0.25) is 0 Å². The molecule has 0 aliphatic heterocycles. The molecule has 0 bridgehead atoms. The Morgan fingerprint density at radius 2 is 0.776 bits per heavy atom. The summed E-state index contributed by atoms with van der Waals surface area (Å²) in [5.41, 5.74) is 16.2. The van der Waals surface area contributed by atoms with Crippen molar-refractivity contribution >= 4 is 21.5 Å². The van der Waals surface area contributed by atoms with Gasteiger partial charge in [-0.3, -0.25) is 0 Å². The minimum Gasteiger partial charge on any atom is -0.228 e. The van der Waals surface area contributed by atoms with Gasteiger partial charge in [-0.2, -0.15) is 0 Å². The standard InChI is InChI=1S/C56H38N2/c1-56(40-21-9-4-10-22-40)51-28-16-15-27-48(51)49-30-29-39(35-52(49)56)41-31-32-46(43-24-12-11-23-42(41)43)47-33-34-50(45-26-14-13-25-44(45)47)54-36-53(37-17-5-2-6-18-37)57-55(58-54)38-19-7-3-8-20-38/h2-36H,1H3. The van der Waals surface area contributed by atoms with Crippen LogP contribution in [0.1, 0.15) is 23.6 Å². The molecule has 58 heavy (non-hydrogen) atoms. The Morgan fingerprint density at radius 3 is 1.45 bits per heavy atom. The minimum absolute atomic E-state index is 0.257. The number of fused-ring (bicyclic) bond motifs is 5. The van der Waals surface area contributed by atoms with Crippen molar-refractivity contribution in [3.63, 3.8) is 0 Å². The molecular weight excluding hydrogens is 701 g/mol. The normalized spacial score (nSPS) is 14.4. The summed E-state index contributed by atoms with van der Waals surface area (Å²) < 4.78 is 0. The smallest absolute Gasteiger partial charge is 0.160 e. The maximum Gasteiger partial charge on any atom is 0.160 e. The van der Waals surface area contributed by atoms with Crippen molar-refractivity contribution in [2.24, 2.45) is 0 Å². The Balaban J connectivity index is 1.06. The second-order valence-corrected chi connectivity index (χ2v) is 15.4. The van der Waals surface area contributed by atoms with Gasteiger partial charge in [0.05, 0.1) is 11.4 Å². The van der Waals surface area contributed by atoms with E-state index < -0.39 is 0 Å². The van der Waals surface area contributed by atoms with Gasteiger partial charge in [-0.1, -0.05) is 200 Å². The highest BCUT2D eigenvalue weighted by Gasteiger charge is 2.40. The number of rotatable bonds is 6. The Kier molecular flexibility index (Phi) is 7.97. The summed E-state index contributed by atoms with van der Waals surface area (Å²) in [7, 11) is 0. The summed E-state index contributed by atoms with van der Waals surface area (Å²) in [5, 5.41) is 4.81. The van der Waals surface area contributed by atoms with E-state index in [2.05, 4.69) is 195 Å². The monoisotopic (exact) mass is 738 g/mol. The van der Waals surface area contributed by atoms with Gasteiger partial charge in [0.15, 0.2) is 5.82 Å². The van der Waals surface area contributed by atoms with E-state index in [1.54, 1.807) is 0 Å². The third-order valence-corrected chi connectivity index (χ3v) is 12.2. The van der Waals surface area contributed by atoms with Gasteiger partial charge < -0.3 is 0 Å². The number of nitrogens with zero attached hydrogens (tertiary/aromatic N) is 2. The third-order valence-electron chi connectivity index (χ3n) is 12.2. The van der Waals surface area contributed by atoms with Gasteiger partial charge >= 0.3 is 0 Å².